The van der Waals surface area contributed by atoms with E-state index in [1.807, 2.05) is 35.2 Å². The maximum Gasteiger partial charge on any atom is 0.264 e. The third-order valence-electron chi connectivity index (χ3n) is 3.90. The Labute approximate surface area is 137 Å². The molecule has 1 aliphatic heterocycles. The molecule has 3 heterocycles. The van der Waals surface area contributed by atoms with Gasteiger partial charge in [-0.15, -0.1) is 16.4 Å². The van der Waals surface area contributed by atoms with Crippen molar-refractivity contribution in [3.8, 4) is 5.88 Å². The topological polar surface area (TPSA) is 55.3 Å². The van der Waals surface area contributed by atoms with Crippen LogP contribution in [0.3, 0.4) is 0 Å². The number of nitrogens with zero attached hydrogens (tertiary/aromatic N) is 3. The summed E-state index contributed by atoms with van der Waals surface area (Å²) in [5.41, 5.74) is 0. The highest BCUT2D eigenvalue weighted by Crippen LogP contribution is 2.27. The van der Waals surface area contributed by atoms with E-state index in [9.17, 15) is 4.79 Å². The molecule has 0 saturated carbocycles. The molecule has 6 heteroatoms. The fourth-order valence-electron chi connectivity index (χ4n) is 2.77. The number of fused-ring (bicyclic) bond motifs is 1. The van der Waals surface area contributed by atoms with Gasteiger partial charge in [-0.2, -0.15) is 5.10 Å². The lowest BCUT2D eigenvalue weighted by Gasteiger charge is -2.15. The van der Waals surface area contributed by atoms with E-state index >= 15 is 0 Å². The molecule has 1 aliphatic rings. The molecule has 116 valence electrons. The fourth-order valence-corrected chi connectivity index (χ4v) is 3.80. The van der Waals surface area contributed by atoms with Crippen molar-refractivity contribution in [2.75, 3.05) is 13.1 Å². The van der Waals surface area contributed by atoms with Crippen molar-refractivity contribution in [1.29, 1.82) is 0 Å². The van der Waals surface area contributed by atoms with Gasteiger partial charge in [-0.05, 0) is 23.6 Å². The zero-order valence-electron chi connectivity index (χ0n) is 12.4. The molecule has 0 spiro atoms. The minimum Gasteiger partial charge on any atom is -0.471 e. The van der Waals surface area contributed by atoms with Crippen LogP contribution in [0.1, 0.15) is 16.1 Å². The minimum atomic E-state index is -0.0231. The van der Waals surface area contributed by atoms with Crippen molar-refractivity contribution in [3.05, 3.63) is 53.5 Å². The number of thiophene rings is 1. The highest BCUT2D eigenvalue weighted by atomic mass is 32.1. The Morgan fingerprint density at radius 2 is 2.17 bits per heavy atom. The number of aromatic nitrogens is 2. The van der Waals surface area contributed by atoms with Crippen LogP contribution >= 0.6 is 11.3 Å². The molecule has 1 saturated heterocycles. The molecule has 4 rings (SSSR count). The largest absolute Gasteiger partial charge is 0.471 e. The molecule has 1 fully saturated rings. The Morgan fingerprint density at radius 1 is 1.26 bits per heavy atom. The van der Waals surface area contributed by atoms with Crippen molar-refractivity contribution < 1.29 is 9.53 Å². The third kappa shape index (κ3) is 2.90. The quantitative estimate of drug-likeness (QED) is 0.743. The zero-order valence-corrected chi connectivity index (χ0v) is 13.2. The smallest absolute Gasteiger partial charge is 0.264 e. The first kappa shape index (κ1) is 14.1. The Morgan fingerprint density at radius 3 is 3.00 bits per heavy atom. The van der Waals surface area contributed by atoms with E-state index in [4.69, 9.17) is 4.74 Å². The van der Waals surface area contributed by atoms with Gasteiger partial charge in [0.25, 0.3) is 5.91 Å². The summed E-state index contributed by atoms with van der Waals surface area (Å²) in [4.78, 5) is 15.3. The first-order valence-corrected chi connectivity index (χ1v) is 8.33. The number of carbonyl (C=O) groups is 1. The molecule has 23 heavy (non-hydrogen) atoms. The number of likely N-dealkylation sites (tertiary alicyclic amines) is 1. The predicted molar refractivity (Wildman–Crippen MR) is 88.8 cm³/mol. The summed E-state index contributed by atoms with van der Waals surface area (Å²) in [6.07, 6.45) is 2.40. The van der Waals surface area contributed by atoms with Gasteiger partial charge in [0.2, 0.25) is 5.88 Å². The highest BCUT2D eigenvalue weighted by molar-refractivity contribution is 7.20. The van der Waals surface area contributed by atoms with E-state index < -0.39 is 0 Å². The van der Waals surface area contributed by atoms with Crippen LogP contribution in [0.2, 0.25) is 0 Å². The average Bonchev–Trinajstić information content (AvgIpc) is 3.21. The van der Waals surface area contributed by atoms with Crippen LogP contribution in [-0.2, 0) is 0 Å². The lowest BCUT2D eigenvalue weighted by Crippen LogP contribution is -2.30. The molecule has 1 amide bonds. The number of hydrogen-bond acceptors (Lipinski definition) is 5. The van der Waals surface area contributed by atoms with Crippen LogP contribution in [0.15, 0.2) is 48.7 Å². The van der Waals surface area contributed by atoms with Crippen LogP contribution in [0.25, 0.3) is 10.1 Å². The van der Waals surface area contributed by atoms with Crippen LogP contribution < -0.4 is 4.74 Å². The zero-order chi connectivity index (χ0) is 15.6. The number of rotatable bonds is 3. The van der Waals surface area contributed by atoms with E-state index in [1.54, 1.807) is 29.7 Å². The monoisotopic (exact) mass is 325 g/mol. The van der Waals surface area contributed by atoms with Crippen LogP contribution in [-0.4, -0.2) is 40.2 Å². The van der Waals surface area contributed by atoms with Gasteiger partial charge in [-0.25, -0.2) is 0 Å². The maximum atomic E-state index is 12.7. The Balaban J connectivity index is 1.45. The molecule has 0 bridgehead atoms. The first-order valence-electron chi connectivity index (χ1n) is 7.52. The molecule has 2 aromatic heterocycles. The summed E-state index contributed by atoms with van der Waals surface area (Å²) in [5, 5.41) is 8.84. The molecule has 5 nitrogen and oxygen atoms in total. The van der Waals surface area contributed by atoms with Crippen molar-refractivity contribution in [1.82, 2.24) is 15.1 Å². The van der Waals surface area contributed by atoms with Gasteiger partial charge in [-0.1, -0.05) is 18.2 Å². The summed E-state index contributed by atoms with van der Waals surface area (Å²) in [5.74, 6) is 0.588. The summed E-state index contributed by atoms with van der Waals surface area (Å²) >= 11 is 1.54. The van der Waals surface area contributed by atoms with Crippen molar-refractivity contribution >= 4 is 27.3 Å². The average molecular weight is 325 g/mol. The predicted octanol–water partition coefficient (Wildman–Crippen LogP) is 2.98. The van der Waals surface area contributed by atoms with Crippen LogP contribution in [0.4, 0.5) is 0 Å². The molecule has 1 aromatic carbocycles. The van der Waals surface area contributed by atoms with Gasteiger partial charge in [-0.3, -0.25) is 4.79 Å². The van der Waals surface area contributed by atoms with Crippen molar-refractivity contribution in [3.63, 3.8) is 0 Å². The van der Waals surface area contributed by atoms with Gasteiger partial charge < -0.3 is 9.64 Å². The lowest BCUT2D eigenvalue weighted by atomic mass is 10.2. The first-order chi connectivity index (χ1) is 11.3. The summed E-state index contributed by atoms with van der Waals surface area (Å²) in [6.45, 7) is 1.29. The fraction of sp³-hybridized carbons (Fsp3) is 0.235. The SMILES string of the molecule is O=C(c1cc2ccccc2s1)N1CC[C@@H](Oc2cccnn2)C1. The number of benzene rings is 1. The second-order valence-corrected chi connectivity index (χ2v) is 6.57. The second-order valence-electron chi connectivity index (χ2n) is 5.49. The molecule has 0 N–H and O–H groups in total. The molecule has 0 aliphatic carbocycles. The molecular weight excluding hydrogens is 310 g/mol. The van der Waals surface area contributed by atoms with E-state index in [2.05, 4.69) is 10.2 Å². The minimum absolute atomic E-state index is 0.0231. The number of ether oxygens (including phenoxy) is 1. The van der Waals surface area contributed by atoms with E-state index in [-0.39, 0.29) is 12.0 Å². The Hall–Kier alpha value is -2.47. The number of carbonyl (C=O) groups excluding carboxylic acids is 1. The van der Waals surface area contributed by atoms with E-state index in [0.29, 0.717) is 19.0 Å². The van der Waals surface area contributed by atoms with Crippen molar-refractivity contribution in [2.24, 2.45) is 0 Å². The molecule has 3 aromatic rings. The molecule has 1 atom stereocenters. The van der Waals surface area contributed by atoms with Crippen molar-refractivity contribution in [2.45, 2.75) is 12.5 Å². The number of amides is 1. The lowest BCUT2D eigenvalue weighted by molar-refractivity contribution is 0.0776. The summed E-state index contributed by atoms with van der Waals surface area (Å²) < 4.78 is 6.93. The summed E-state index contributed by atoms with van der Waals surface area (Å²) in [7, 11) is 0. The Bertz CT molecular complexity index is 801. The van der Waals surface area contributed by atoms with E-state index in [0.717, 1.165) is 21.4 Å². The van der Waals surface area contributed by atoms with Gasteiger partial charge >= 0.3 is 0 Å². The number of hydrogen-bond donors (Lipinski definition) is 0. The molecule has 0 radical (unpaired) electrons. The third-order valence-corrected chi connectivity index (χ3v) is 5.01. The molecular formula is C17H15N3O2S. The second kappa shape index (κ2) is 5.96. The van der Waals surface area contributed by atoms with Crippen LogP contribution in [0.5, 0.6) is 5.88 Å². The summed E-state index contributed by atoms with van der Waals surface area (Å²) in [6, 6.07) is 13.6. The van der Waals surface area contributed by atoms with Crippen LogP contribution in [0, 0.1) is 0 Å². The van der Waals surface area contributed by atoms with Gasteiger partial charge in [0.15, 0.2) is 0 Å². The van der Waals surface area contributed by atoms with E-state index in [1.165, 1.54) is 0 Å². The standard InChI is InChI=1S/C17H15N3O2S/c21-17(15-10-12-4-1-2-5-14(12)23-15)20-9-7-13(11-20)22-16-6-3-8-18-19-16/h1-6,8,10,13H,7,9,11H2/t13-/m1/s1. The molecule has 0 unspecified atom stereocenters. The van der Waals surface area contributed by atoms with Gasteiger partial charge in [0, 0.05) is 29.9 Å². The Kier molecular flexibility index (Phi) is 3.67. The normalized spacial score (nSPS) is 17.6. The maximum absolute atomic E-state index is 12.7. The van der Waals surface area contributed by atoms with Gasteiger partial charge in [0.1, 0.15) is 6.10 Å². The highest BCUT2D eigenvalue weighted by Gasteiger charge is 2.29. The van der Waals surface area contributed by atoms with Gasteiger partial charge in [0.05, 0.1) is 11.4 Å².